The van der Waals surface area contributed by atoms with Gasteiger partial charge in [0.1, 0.15) is 11.3 Å². The van der Waals surface area contributed by atoms with Crippen molar-refractivity contribution in [3.8, 4) is 0 Å². The van der Waals surface area contributed by atoms with Gasteiger partial charge < -0.3 is 10.1 Å². The van der Waals surface area contributed by atoms with Crippen molar-refractivity contribution in [2.45, 2.75) is 19.0 Å². The summed E-state index contributed by atoms with van der Waals surface area (Å²) >= 11 is 0. The molecule has 2 heterocycles. The third-order valence-electron chi connectivity index (χ3n) is 3.44. The smallest absolute Gasteiger partial charge is 0.416 e. The number of carboxylic acid groups (broad SMARTS) is 1. The van der Waals surface area contributed by atoms with Crippen molar-refractivity contribution in [3.05, 3.63) is 46.1 Å². The molecule has 0 radical (unpaired) electrons. The summed E-state index contributed by atoms with van der Waals surface area (Å²) in [5.74, 6) is -0.728. The van der Waals surface area contributed by atoms with Gasteiger partial charge in [-0.25, -0.2) is 4.98 Å². The average Bonchev–Trinajstić information content (AvgIpc) is 2.88. The van der Waals surface area contributed by atoms with Crippen LogP contribution in [0.2, 0.25) is 0 Å². The maximum absolute atomic E-state index is 12.8. The Hall–Kier alpha value is -2.84. The fraction of sp³-hybridized carbons (Fsp3) is 0.214. The van der Waals surface area contributed by atoms with Gasteiger partial charge in [0.15, 0.2) is 0 Å². The number of fused-ring (bicyclic) bond motifs is 3. The van der Waals surface area contributed by atoms with E-state index < -0.39 is 23.3 Å². The molecule has 0 bridgehead atoms. The Balaban J connectivity index is 2.26. The van der Waals surface area contributed by atoms with Crippen molar-refractivity contribution >= 4 is 22.5 Å². The number of rotatable bonds is 3. The lowest BCUT2D eigenvalue weighted by molar-refractivity contribution is -0.138. The van der Waals surface area contributed by atoms with Gasteiger partial charge in [-0.3, -0.25) is 14.0 Å². The number of hydrogen-bond donors (Lipinski definition) is 2. The van der Waals surface area contributed by atoms with Crippen LogP contribution < -0.4 is 5.56 Å². The largest absolute Gasteiger partial charge is 0.481 e. The first-order valence-corrected chi connectivity index (χ1v) is 6.59. The molecule has 0 amide bonds. The Kier molecular flexibility index (Phi) is 3.35. The molecule has 2 aromatic heterocycles. The second-order valence-electron chi connectivity index (χ2n) is 4.97. The topological polar surface area (TPSA) is 87.5 Å². The Morgan fingerprint density at radius 3 is 2.70 bits per heavy atom. The minimum atomic E-state index is -4.53. The van der Waals surface area contributed by atoms with Crippen LogP contribution >= 0.6 is 0 Å². The van der Waals surface area contributed by atoms with Gasteiger partial charge in [-0.15, -0.1) is 0 Å². The number of aryl methyl sites for hydroxylation is 1. The van der Waals surface area contributed by atoms with E-state index in [9.17, 15) is 22.8 Å². The number of aliphatic carboxylic acids is 1. The number of H-pyrrole nitrogens is 1. The predicted molar refractivity (Wildman–Crippen MR) is 74.3 cm³/mol. The van der Waals surface area contributed by atoms with Crippen LogP contribution in [0.25, 0.3) is 16.6 Å². The number of benzene rings is 1. The van der Waals surface area contributed by atoms with Crippen LogP contribution in [-0.4, -0.2) is 25.4 Å². The number of imidazole rings is 1. The summed E-state index contributed by atoms with van der Waals surface area (Å²) in [6.45, 7) is 0. The zero-order valence-electron chi connectivity index (χ0n) is 11.5. The van der Waals surface area contributed by atoms with Crippen LogP contribution in [0.3, 0.4) is 0 Å². The van der Waals surface area contributed by atoms with Crippen LogP contribution in [0.15, 0.2) is 29.2 Å². The van der Waals surface area contributed by atoms with E-state index in [1.54, 1.807) is 0 Å². The molecule has 9 heteroatoms. The molecule has 6 nitrogen and oxygen atoms in total. The molecule has 3 aromatic rings. The van der Waals surface area contributed by atoms with Crippen molar-refractivity contribution in [2.24, 2.45) is 0 Å². The summed E-state index contributed by atoms with van der Waals surface area (Å²) in [5, 5.41) is 8.75. The maximum atomic E-state index is 12.8. The maximum Gasteiger partial charge on any atom is 0.416 e. The lowest BCUT2D eigenvalue weighted by Gasteiger charge is -2.09. The lowest BCUT2D eigenvalue weighted by atomic mass is 10.2. The lowest BCUT2D eigenvalue weighted by Crippen LogP contribution is -2.13. The molecule has 0 fully saturated rings. The molecule has 0 unspecified atom stereocenters. The van der Waals surface area contributed by atoms with E-state index in [0.29, 0.717) is 11.3 Å². The minimum Gasteiger partial charge on any atom is -0.481 e. The summed E-state index contributed by atoms with van der Waals surface area (Å²) in [6, 6.07) is 2.98. The first-order valence-electron chi connectivity index (χ1n) is 6.59. The first-order chi connectivity index (χ1) is 10.8. The molecule has 0 saturated carbocycles. The normalized spacial score (nSPS) is 12.1. The summed E-state index contributed by atoms with van der Waals surface area (Å²) in [4.78, 5) is 29.1. The van der Waals surface area contributed by atoms with E-state index in [1.807, 2.05) is 0 Å². The van der Waals surface area contributed by atoms with Crippen LogP contribution in [-0.2, 0) is 17.4 Å². The van der Waals surface area contributed by atoms with Crippen molar-refractivity contribution in [1.29, 1.82) is 0 Å². The van der Waals surface area contributed by atoms with Crippen LogP contribution in [0, 0.1) is 0 Å². The fourth-order valence-corrected chi connectivity index (χ4v) is 2.41. The molecule has 3 rings (SSSR count). The Labute approximate surface area is 126 Å². The number of halogens is 3. The van der Waals surface area contributed by atoms with E-state index >= 15 is 0 Å². The quantitative estimate of drug-likeness (QED) is 0.773. The Morgan fingerprint density at radius 1 is 1.30 bits per heavy atom. The van der Waals surface area contributed by atoms with Crippen molar-refractivity contribution in [2.75, 3.05) is 0 Å². The van der Waals surface area contributed by atoms with Crippen LogP contribution in [0.1, 0.15) is 17.8 Å². The number of nitrogens with one attached hydrogen (secondary N) is 1. The van der Waals surface area contributed by atoms with Gasteiger partial charge in [0, 0.05) is 6.42 Å². The van der Waals surface area contributed by atoms with Gasteiger partial charge >= 0.3 is 12.1 Å². The molecule has 0 aliphatic carbocycles. The van der Waals surface area contributed by atoms with E-state index in [0.717, 1.165) is 12.1 Å². The predicted octanol–water partition coefficient (Wildman–Crippen LogP) is 2.21. The third kappa shape index (κ3) is 2.65. The number of nitrogens with zero attached hydrogens (tertiary/aromatic N) is 2. The average molecular weight is 325 g/mol. The van der Waals surface area contributed by atoms with Gasteiger partial charge in [0.2, 0.25) is 0 Å². The number of aromatic nitrogens is 3. The standard InChI is InChI=1S/C14H10F3N3O3/c15-14(16,17)7-1-2-9-8(5-7)19-13(23)10-6-18-11(20(9)10)3-4-12(21)22/h1-2,5-6H,3-4H2,(H,19,23)(H,21,22). The van der Waals surface area contributed by atoms with Crippen LogP contribution in [0.4, 0.5) is 13.2 Å². The minimum absolute atomic E-state index is 0.00639. The zero-order valence-corrected chi connectivity index (χ0v) is 11.5. The Morgan fingerprint density at radius 2 is 2.04 bits per heavy atom. The number of carboxylic acids is 1. The van der Waals surface area contributed by atoms with Gasteiger partial charge in [0.25, 0.3) is 5.56 Å². The molecular weight excluding hydrogens is 315 g/mol. The van der Waals surface area contributed by atoms with Gasteiger partial charge in [-0.05, 0) is 18.2 Å². The van der Waals surface area contributed by atoms with Crippen molar-refractivity contribution < 1.29 is 23.1 Å². The highest BCUT2D eigenvalue weighted by molar-refractivity contribution is 5.79. The van der Waals surface area contributed by atoms with E-state index in [2.05, 4.69) is 9.97 Å². The summed E-state index contributed by atoms with van der Waals surface area (Å²) in [6.07, 6.45) is -3.40. The molecule has 1 aromatic carbocycles. The molecule has 0 aliphatic rings. The third-order valence-corrected chi connectivity index (χ3v) is 3.44. The summed E-state index contributed by atoms with van der Waals surface area (Å²) < 4.78 is 39.7. The highest BCUT2D eigenvalue weighted by Gasteiger charge is 2.30. The monoisotopic (exact) mass is 325 g/mol. The number of carbonyl (C=O) groups is 1. The van der Waals surface area contributed by atoms with Crippen molar-refractivity contribution in [3.63, 3.8) is 0 Å². The second-order valence-corrected chi connectivity index (χ2v) is 4.97. The fourth-order valence-electron chi connectivity index (χ4n) is 2.41. The number of hydrogen-bond acceptors (Lipinski definition) is 3. The Bertz CT molecular complexity index is 972. The molecule has 0 aliphatic heterocycles. The second kappa shape index (κ2) is 5.11. The van der Waals surface area contributed by atoms with Gasteiger partial charge in [-0.2, -0.15) is 13.2 Å². The first kappa shape index (κ1) is 15.1. The number of aromatic amines is 1. The summed E-state index contributed by atoms with van der Waals surface area (Å²) in [7, 11) is 0. The molecule has 23 heavy (non-hydrogen) atoms. The van der Waals surface area contributed by atoms with E-state index in [1.165, 1.54) is 16.7 Å². The molecule has 0 spiro atoms. The molecular formula is C14H10F3N3O3. The SMILES string of the molecule is O=C(O)CCc1ncc2c(=O)[nH]c3cc(C(F)(F)F)ccc3n12. The molecule has 2 N–H and O–H groups in total. The zero-order chi connectivity index (χ0) is 16.8. The highest BCUT2D eigenvalue weighted by atomic mass is 19.4. The van der Waals surface area contributed by atoms with Crippen LogP contribution in [0.5, 0.6) is 0 Å². The van der Waals surface area contributed by atoms with Gasteiger partial charge in [0.05, 0.1) is 29.2 Å². The molecule has 0 atom stereocenters. The van der Waals surface area contributed by atoms with E-state index in [-0.39, 0.29) is 23.9 Å². The van der Waals surface area contributed by atoms with Crippen molar-refractivity contribution in [1.82, 2.24) is 14.4 Å². The number of alkyl halides is 3. The van der Waals surface area contributed by atoms with Gasteiger partial charge in [-0.1, -0.05) is 0 Å². The van der Waals surface area contributed by atoms with E-state index in [4.69, 9.17) is 5.11 Å². The molecule has 0 saturated heterocycles. The highest BCUT2D eigenvalue weighted by Crippen LogP contribution is 2.31. The molecule has 120 valence electrons. The summed E-state index contributed by atoms with van der Waals surface area (Å²) in [5.41, 5.74) is -0.992.